The summed E-state index contributed by atoms with van der Waals surface area (Å²) in [5.74, 6) is 1.16. The summed E-state index contributed by atoms with van der Waals surface area (Å²) in [4.78, 5) is 14.9. The molecular weight excluding hydrogens is 374 g/mol. The van der Waals surface area contributed by atoms with Gasteiger partial charge in [0, 0.05) is 17.7 Å². The van der Waals surface area contributed by atoms with Crippen LogP contribution in [-0.4, -0.2) is 41.6 Å². The van der Waals surface area contributed by atoms with Gasteiger partial charge < -0.3 is 14.7 Å². The minimum absolute atomic E-state index is 0.114. The number of nitrogens with one attached hydrogen (secondary N) is 1. The number of hydrogen-bond donors (Lipinski definition) is 1. The second-order valence-electron chi connectivity index (χ2n) is 8.58. The Morgan fingerprint density at radius 2 is 1.87 bits per heavy atom. The quantitative estimate of drug-likeness (QED) is 0.550. The zero-order valence-corrected chi connectivity index (χ0v) is 18.8. The SMILES string of the molecule is CCN(CC)CCC[C@@H](C)NC(=O)c1cc(-c2ccc(C3CCCCC3)cc2)on1. The molecule has 1 atom stereocenters. The smallest absolute Gasteiger partial charge is 0.273 e. The predicted molar refractivity (Wildman–Crippen MR) is 122 cm³/mol. The summed E-state index contributed by atoms with van der Waals surface area (Å²) in [6.45, 7) is 9.62. The van der Waals surface area contributed by atoms with Crippen molar-refractivity contribution in [2.75, 3.05) is 19.6 Å². The minimum Gasteiger partial charge on any atom is -0.355 e. The van der Waals surface area contributed by atoms with Crippen LogP contribution in [0.3, 0.4) is 0 Å². The average Bonchev–Trinajstić information content (AvgIpc) is 3.28. The molecule has 1 N–H and O–H groups in total. The summed E-state index contributed by atoms with van der Waals surface area (Å²) in [5.41, 5.74) is 2.72. The fraction of sp³-hybridized carbons (Fsp3) is 0.600. The van der Waals surface area contributed by atoms with E-state index in [1.807, 2.05) is 6.92 Å². The molecule has 1 aliphatic carbocycles. The fourth-order valence-corrected chi connectivity index (χ4v) is 4.40. The highest BCUT2D eigenvalue weighted by atomic mass is 16.5. The Bertz CT molecular complexity index is 774. The number of rotatable bonds is 10. The van der Waals surface area contributed by atoms with Crippen molar-refractivity contribution in [2.45, 2.75) is 77.7 Å². The van der Waals surface area contributed by atoms with E-state index in [1.165, 1.54) is 37.7 Å². The highest BCUT2D eigenvalue weighted by Gasteiger charge is 2.18. The molecule has 0 spiro atoms. The zero-order valence-electron chi connectivity index (χ0n) is 18.8. The van der Waals surface area contributed by atoms with Gasteiger partial charge in [-0.15, -0.1) is 0 Å². The van der Waals surface area contributed by atoms with E-state index >= 15 is 0 Å². The monoisotopic (exact) mass is 411 g/mol. The van der Waals surface area contributed by atoms with E-state index in [0.717, 1.165) is 38.0 Å². The van der Waals surface area contributed by atoms with Crippen molar-refractivity contribution in [3.05, 3.63) is 41.6 Å². The molecule has 1 fully saturated rings. The highest BCUT2D eigenvalue weighted by molar-refractivity contribution is 5.93. The number of carbonyl (C=O) groups is 1. The Kier molecular flexibility index (Phi) is 8.50. The van der Waals surface area contributed by atoms with Crippen molar-refractivity contribution in [1.82, 2.24) is 15.4 Å². The molecule has 1 saturated carbocycles. The number of carbonyl (C=O) groups excluding carboxylic acids is 1. The Hall–Kier alpha value is -2.14. The van der Waals surface area contributed by atoms with Crippen LogP contribution < -0.4 is 5.32 Å². The van der Waals surface area contributed by atoms with Crippen LogP contribution in [0.1, 0.15) is 87.7 Å². The minimum atomic E-state index is -0.167. The maximum Gasteiger partial charge on any atom is 0.273 e. The number of nitrogens with zero attached hydrogens (tertiary/aromatic N) is 2. The third kappa shape index (κ3) is 6.18. The maximum atomic E-state index is 12.5. The van der Waals surface area contributed by atoms with E-state index in [-0.39, 0.29) is 11.9 Å². The first kappa shape index (κ1) is 22.5. The first-order valence-electron chi connectivity index (χ1n) is 11.7. The molecule has 30 heavy (non-hydrogen) atoms. The summed E-state index contributed by atoms with van der Waals surface area (Å²) < 4.78 is 5.46. The first-order chi connectivity index (χ1) is 14.6. The molecule has 1 aliphatic rings. The third-order valence-corrected chi connectivity index (χ3v) is 6.40. The van der Waals surface area contributed by atoms with Gasteiger partial charge in [0.1, 0.15) is 0 Å². The van der Waals surface area contributed by atoms with E-state index < -0.39 is 0 Å². The summed E-state index contributed by atoms with van der Waals surface area (Å²) >= 11 is 0. The van der Waals surface area contributed by atoms with Gasteiger partial charge in [-0.25, -0.2) is 0 Å². The fourth-order valence-electron chi connectivity index (χ4n) is 4.40. The van der Waals surface area contributed by atoms with Gasteiger partial charge in [-0.1, -0.05) is 62.5 Å². The van der Waals surface area contributed by atoms with Crippen LogP contribution in [0.15, 0.2) is 34.9 Å². The molecule has 1 heterocycles. The number of amides is 1. The second kappa shape index (κ2) is 11.3. The summed E-state index contributed by atoms with van der Waals surface area (Å²) in [6, 6.07) is 10.4. The molecular formula is C25H37N3O2. The second-order valence-corrected chi connectivity index (χ2v) is 8.58. The number of benzene rings is 1. The van der Waals surface area contributed by atoms with Gasteiger partial charge in [0.25, 0.3) is 5.91 Å². The zero-order chi connectivity index (χ0) is 21.3. The molecule has 0 saturated heterocycles. The molecule has 1 aromatic carbocycles. The highest BCUT2D eigenvalue weighted by Crippen LogP contribution is 2.33. The van der Waals surface area contributed by atoms with Crippen molar-refractivity contribution >= 4 is 5.91 Å². The molecule has 5 heteroatoms. The maximum absolute atomic E-state index is 12.5. The number of aromatic nitrogens is 1. The topological polar surface area (TPSA) is 58.4 Å². The lowest BCUT2D eigenvalue weighted by Gasteiger charge is -2.21. The van der Waals surface area contributed by atoms with Gasteiger partial charge in [-0.05, 0) is 63.7 Å². The molecule has 1 aromatic heterocycles. The van der Waals surface area contributed by atoms with E-state index in [2.05, 4.69) is 53.5 Å². The standard InChI is InChI=1S/C25H37N3O2/c1-4-28(5-2)17-9-10-19(3)26-25(29)23-18-24(30-27-23)22-15-13-21(14-16-22)20-11-7-6-8-12-20/h13-16,18-20H,4-12,17H2,1-3H3,(H,26,29)/t19-/m1/s1. The third-order valence-electron chi connectivity index (χ3n) is 6.40. The van der Waals surface area contributed by atoms with Crippen LogP contribution in [0.25, 0.3) is 11.3 Å². The van der Waals surface area contributed by atoms with Crippen molar-refractivity contribution in [3.8, 4) is 11.3 Å². The van der Waals surface area contributed by atoms with Gasteiger partial charge in [0.2, 0.25) is 0 Å². The van der Waals surface area contributed by atoms with Crippen LogP contribution in [0.4, 0.5) is 0 Å². The van der Waals surface area contributed by atoms with Gasteiger partial charge in [0.15, 0.2) is 11.5 Å². The molecule has 2 aromatic rings. The Morgan fingerprint density at radius 1 is 1.17 bits per heavy atom. The summed E-state index contributed by atoms with van der Waals surface area (Å²) in [5, 5.41) is 7.04. The largest absolute Gasteiger partial charge is 0.355 e. The molecule has 0 radical (unpaired) electrons. The number of hydrogen-bond acceptors (Lipinski definition) is 4. The first-order valence-corrected chi connectivity index (χ1v) is 11.7. The molecule has 3 rings (SSSR count). The Labute approximate surface area is 181 Å². The van der Waals surface area contributed by atoms with Gasteiger partial charge in [-0.2, -0.15) is 0 Å². The van der Waals surface area contributed by atoms with E-state index in [1.54, 1.807) is 6.07 Å². The summed E-state index contributed by atoms with van der Waals surface area (Å²) in [6.07, 6.45) is 8.64. The van der Waals surface area contributed by atoms with Crippen LogP contribution in [0, 0.1) is 0 Å². The van der Waals surface area contributed by atoms with Crippen molar-refractivity contribution < 1.29 is 9.32 Å². The van der Waals surface area contributed by atoms with Crippen LogP contribution in [0.5, 0.6) is 0 Å². The van der Waals surface area contributed by atoms with E-state index in [4.69, 9.17) is 4.52 Å². The molecule has 0 bridgehead atoms. The molecule has 5 nitrogen and oxygen atoms in total. The normalized spacial score (nSPS) is 16.0. The lowest BCUT2D eigenvalue weighted by atomic mass is 9.84. The molecule has 164 valence electrons. The van der Waals surface area contributed by atoms with Gasteiger partial charge >= 0.3 is 0 Å². The average molecular weight is 412 g/mol. The van der Waals surface area contributed by atoms with Crippen molar-refractivity contribution in [3.63, 3.8) is 0 Å². The van der Waals surface area contributed by atoms with Crippen LogP contribution in [0.2, 0.25) is 0 Å². The Morgan fingerprint density at radius 3 is 2.53 bits per heavy atom. The molecule has 0 unspecified atom stereocenters. The predicted octanol–water partition coefficient (Wildman–Crippen LogP) is 5.63. The van der Waals surface area contributed by atoms with Gasteiger partial charge in [-0.3, -0.25) is 4.79 Å². The van der Waals surface area contributed by atoms with Crippen molar-refractivity contribution in [1.29, 1.82) is 0 Å². The van der Waals surface area contributed by atoms with E-state index in [0.29, 0.717) is 17.4 Å². The van der Waals surface area contributed by atoms with Crippen LogP contribution >= 0.6 is 0 Å². The Balaban J connectivity index is 1.51. The lowest BCUT2D eigenvalue weighted by molar-refractivity contribution is 0.0928. The van der Waals surface area contributed by atoms with E-state index in [9.17, 15) is 4.79 Å². The molecule has 1 amide bonds. The van der Waals surface area contributed by atoms with Crippen molar-refractivity contribution in [2.24, 2.45) is 0 Å². The van der Waals surface area contributed by atoms with Gasteiger partial charge in [0.05, 0.1) is 0 Å². The lowest BCUT2D eigenvalue weighted by Crippen LogP contribution is -2.33. The van der Waals surface area contributed by atoms with Crippen LogP contribution in [-0.2, 0) is 0 Å². The molecule has 0 aliphatic heterocycles. The summed E-state index contributed by atoms with van der Waals surface area (Å²) in [7, 11) is 0.